The molecule has 1 aliphatic rings. The van der Waals surface area contributed by atoms with Crippen LogP contribution in [0.3, 0.4) is 0 Å². The van der Waals surface area contributed by atoms with Crippen LogP contribution in [0.4, 0.5) is 5.69 Å². The Kier molecular flexibility index (Phi) is 5.15. The van der Waals surface area contributed by atoms with Crippen molar-refractivity contribution < 1.29 is 5.11 Å². The number of aliphatic imine (C=N–C) groups is 1. The van der Waals surface area contributed by atoms with Crippen LogP contribution in [0.25, 0.3) is 0 Å². The van der Waals surface area contributed by atoms with Gasteiger partial charge in [0, 0.05) is 6.42 Å². The van der Waals surface area contributed by atoms with E-state index in [1.165, 1.54) is 23.1 Å². The van der Waals surface area contributed by atoms with Crippen molar-refractivity contribution in [2.24, 2.45) is 4.99 Å². The number of aliphatic hydroxyl groups is 1. The summed E-state index contributed by atoms with van der Waals surface area (Å²) in [6.45, 7) is 4.19. The normalized spacial score (nSPS) is 17.7. The molecule has 0 aromatic heterocycles. The Morgan fingerprint density at radius 2 is 1.54 bits per heavy atom. The van der Waals surface area contributed by atoms with Crippen LogP contribution in [-0.2, 0) is 6.42 Å². The molecule has 1 N–H and O–H groups in total. The van der Waals surface area contributed by atoms with Crippen LogP contribution in [-0.4, -0.2) is 16.4 Å². The molecule has 1 aliphatic carbocycles. The van der Waals surface area contributed by atoms with Gasteiger partial charge in [0.05, 0.1) is 11.4 Å². The molecule has 0 atom stereocenters. The minimum Gasteiger partial charge on any atom is -0.384 e. The smallest absolute Gasteiger partial charge is 0.103 e. The fourth-order valence-corrected chi connectivity index (χ4v) is 3.64. The van der Waals surface area contributed by atoms with Crippen molar-refractivity contribution in [3.05, 3.63) is 65.2 Å². The first kappa shape index (κ1) is 16.9. The molecule has 0 saturated heterocycles. The Balaban J connectivity index is 2.02. The van der Waals surface area contributed by atoms with Gasteiger partial charge in [-0.25, -0.2) is 0 Å². The van der Waals surface area contributed by atoms with Crippen LogP contribution < -0.4 is 0 Å². The van der Waals surface area contributed by atoms with Gasteiger partial charge in [0.25, 0.3) is 0 Å². The van der Waals surface area contributed by atoms with Crippen molar-refractivity contribution in [1.29, 1.82) is 0 Å². The van der Waals surface area contributed by atoms with E-state index in [2.05, 4.69) is 56.3 Å². The molecule has 1 fully saturated rings. The summed E-state index contributed by atoms with van der Waals surface area (Å²) in [7, 11) is 0. The van der Waals surface area contributed by atoms with Gasteiger partial charge >= 0.3 is 0 Å². The van der Waals surface area contributed by atoms with E-state index in [0.29, 0.717) is 6.42 Å². The SMILES string of the molecule is Cc1cccc(C)c1N=C(Cc1ccccc1)C1(O)CCCCC1. The predicted molar refractivity (Wildman–Crippen MR) is 101 cm³/mol. The Labute approximate surface area is 145 Å². The number of benzene rings is 2. The maximum Gasteiger partial charge on any atom is 0.103 e. The Morgan fingerprint density at radius 3 is 2.17 bits per heavy atom. The lowest BCUT2D eigenvalue weighted by molar-refractivity contribution is 0.0694. The molecule has 1 saturated carbocycles. The highest BCUT2D eigenvalue weighted by atomic mass is 16.3. The molecule has 2 aromatic carbocycles. The van der Waals surface area contributed by atoms with Crippen LogP contribution in [0.15, 0.2) is 53.5 Å². The van der Waals surface area contributed by atoms with E-state index in [9.17, 15) is 5.11 Å². The van der Waals surface area contributed by atoms with Crippen molar-refractivity contribution in [1.82, 2.24) is 0 Å². The molecule has 0 heterocycles. The van der Waals surface area contributed by atoms with Gasteiger partial charge in [0.15, 0.2) is 0 Å². The monoisotopic (exact) mass is 321 g/mol. The average molecular weight is 321 g/mol. The molecular weight excluding hydrogens is 294 g/mol. The molecule has 2 heteroatoms. The van der Waals surface area contributed by atoms with Crippen LogP contribution >= 0.6 is 0 Å². The number of hydrogen-bond acceptors (Lipinski definition) is 2. The van der Waals surface area contributed by atoms with E-state index in [1.54, 1.807) is 0 Å². The third-order valence-corrected chi connectivity index (χ3v) is 5.12. The van der Waals surface area contributed by atoms with Crippen molar-refractivity contribution in [2.45, 2.75) is 58.0 Å². The van der Waals surface area contributed by atoms with E-state index < -0.39 is 5.60 Å². The Hall–Kier alpha value is -1.93. The maximum atomic E-state index is 11.3. The molecule has 0 bridgehead atoms. The summed E-state index contributed by atoms with van der Waals surface area (Å²) in [5, 5.41) is 11.3. The zero-order valence-corrected chi connectivity index (χ0v) is 14.8. The molecule has 3 rings (SSSR count). The van der Waals surface area contributed by atoms with Crippen LogP contribution in [0.2, 0.25) is 0 Å². The molecule has 0 aliphatic heterocycles. The molecule has 0 amide bonds. The lowest BCUT2D eigenvalue weighted by Crippen LogP contribution is -2.41. The van der Waals surface area contributed by atoms with E-state index in [-0.39, 0.29) is 0 Å². The van der Waals surface area contributed by atoms with Crippen molar-refractivity contribution in [2.75, 3.05) is 0 Å². The highest BCUT2D eigenvalue weighted by molar-refractivity contribution is 5.96. The third kappa shape index (κ3) is 3.76. The third-order valence-electron chi connectivity index (χ3n) is 5.12. The largest absolute Gasteiger partial charge is 0.384 e. The van der Waals surface area contributed by atoms with Gasteiger partial charge in [-0.05, 0) is 43.4 Å². The van der Waals surface area contributed by atoms with Gasteiger partial charge in [-0.1, -0.05) is 67.8 Å². The molecule has 0 radical (unpaired) electrons. The first-order valence-electron chi connectivity index (χ1n) is 8.99. The molecule has 24 heavy (non-hydrogen) atoms. The van der Waals surface area contributed by atoms with Gasteiger partial charge in [0.2, 0.25) is 0 Å². The predicted octanol–water partition coefficient (Wildman–Crippen LogP) is 5.31. The van der Waals surface area contributed by atoms with Gasteiger partial charge in [-0.15, -0.1) is 0 Å². The summed E-state index contributed by atoms with van der Waals surface area (Å²) in [4.78, 5) is 5.02. The summed E-state index contributed by atoms with van der Waals surface area (Å²) in [5.74, 6) is 0. The van der Waals surface area contributed by atoms with Crippen molar-refractivity contribution >= 4 is 11.4 Å². The summed E-state index contributed by atoms with van der Waals surface area (Å²) in [6, 6.07) is 16.6. The standard InChI is InChI=1S/C22H27NO/c1-17-10-9-11-18(2)21(17)23-20(16-19-12-5-3-6-13-19)22(24)14-7-4-8-15-22/h3,5-6,9-13,24H,4,7-8,14-16H2,1-2H3. The fraction of sp³-hybridized carbons (Fsp3) is 0.409. The summed E-state index contributed by atoms with van der Waals surface area (Å²) < 4.78 is 0. The molecule has 0 spiro atoms. The fourth-order valence-electron chi connectivity index (χ4n) is 3.64. The number of rotatable bonds is 4. The lowest BCUT2D eigenvalue weighted by Gasteiger charge is -2.34. The van der Waals surface area contributed by atoms with E-state index in [1.807, 2.05) is 6.07 Å². The summed E-state index contributed by atoms with van der Waals surface area (Å²) in [6.07, 6.45) is 5.73. The number of aryl methyl sites for hydroxylation is 2. The second-order valence-corrected chi connectivity index (χ2v) is 7.05. The lowest BCUT2D eigenvalue weighted by atomic mass is 9.79. The average Bonchev–Trinajstić information content (AvgIpc) is 2.59. The van der Waals surface area contributed by atoms with Gasteiger partial charge in [0.1, 0.15) is 5.60 Å². The summed E-state index contributed by atoms with van der Waals surface area (Å²) >= 11 is 0. The molecule has 0 unspecified atom stereocenters. The number of nitrogens with zero attached hydrogens (tertiary/aromatic N) is 1. The number of hydrogen-bond donors (Lipinski definition) is 1. The van der Waals surface area contributed by atoms with Crippen LogP contribution in [0.5, 0.6) is 0 Å². The Bertz CT molecular complexity index is 692. The molecular formula is C22H27NO. The van der Waals surface area contributed by atoms with Gasteiger partial charge in [-0.2, -0.15) is 0 Å². The first-order valence-corrected chi connectivity index (χ1v) is 8.99. The minimum absolute atomic E-state index is 0.713. The van der Waals surface area contributed by atoms with Crippen molar-refractivity contribution in [3.8, 4) is 0 Å². The van der Waals surface area contributed by atoms with E-state index in [4.69, 9.17) is 4.99 Å². The summed E-state index contributed by atoms with van der Waals surface area (Å²) in [5.41, 5.74) is 4.72. The minimum atomic E-state index is -0.761. The molecule has 2 nitrogen and oxygen atoms in total. The second kappa shape index (κ2) is 7.31. The molecule has 2 aromatic rings. The molecule has 126 valence electrons. The number of para-hydroxylation sites is 1. The topological polar surface area (TPSA) is 32.6 Å². The highest BCUT2D eigenvalue weighted by Gasteiger charge is 2.34. The van der Waals surface area contributed by atoms with E-state index in [0.717, 1.165) is 37.1 Å². The van der Waals surface area contributed by atoms with Gasteiger partial charge in [-0.3, -0.25) is 4.99 Å². The van der Waals surface area contributed by atoms with E-state index >= 15 is 0 Å². The Morgan fingerprint density at radius 1 is 0.917 bits per heavy atom. The quantitative estimate of drug-likeness (QED) is 0.760. The van der Waals surface area contributed by atoms with Crippen LogP contribution in [0.1, 0.15) is 48.8 Å². The first-order chi connectivity index (χ1) is 11.6. The zero-order chi connectivity index (χ0) is 17.0. The van der Waals surface area contributed by atoms with Gasteiger partial charge < -0.3 is 5.11 Å². The zero-order valence-electron chi connectivity index (χ0n) is 14.8. The second-order valence-electron chi connectivity index (χ2n) is 7.05. The van der Waals surface area contributed by atoms with Crippen LogP contribution in [0, 0.1) is 13.8 Å². The van der Waals surface area contributed by atoms with Crippen molar-refractivity contribution in [3.63, 3.8) is 0 Å². The highest BCUT2D eigenvalue weighted by Crippen LogP contribution is 2.33. The maximum absolute atomic E-state index is 11.3.